The molecule has 1 unspecified atom stereocenters. The predicted octanol–water partition coefficient (Wildman–Crippen LogP) is 4.33. The third kappa shape index (κ3) is 2.18. The molecule has 0 radical (unpaired) electrons. The highest BCUT2D eigenvalue weighted by Gasteiger charge is 2.15. The second kappa shape index (κ2) is 4.74. The van der Waals surface area contributed by atoms with Gasteiger partial charge in [0.2, 0.25) is 6.79 Å². The van der Waals surface area contributed by atoms with Gasteiger partial charge < -0.3 is 19.2 Å². The van der Waals surface area contributed by atoms with Gasteiger partial charge in [-0.25, -0.2) is 0 Å². The molecule has 106 valence electrons. The number of fused-ring (bicyclic) bond motifs is 2. The molecule has 2 heterocycles. The fourth-order valence-corrected chi connectivity index (χ4v) is 2.52. The van der Waals surface area contributed by atoms with Crippen LogP contribution in [0.1, 0.15) is 18.7 Å². The minimum Gasteiger partial charge on any atom is -0.459 e. The molecule has 0 spiro atoms. The van der Waals surface area contributed by atoms with Crippen LogP contribution in [0, 0.1) is 0 Å². The lowest BCUT2D eigenvalue weighted by Gasteiger charge is -2.13. The first-order valence-corrected chi connectivity index (χ1v) is 6.94. The normalized spacial score (nSPS) is 14.3. The summed E-state index contributed by atoms with van der Waals surface area (Å²) in [6, 6.07) is 16.0. The van der Waals surface area contributed by atoms with Crippen LogP contribution in [-0.2, 0) is 0 Å². The monoisotopic (exact) mass is 281 g/mol. The topological polar surface area (TPSA) is 43.6 Å². The smallest absolute Gasteiger partial charge is 0.231 e. The molecule has 0 fully saturated rings. The van der Waals surface area contributed by atoms with Gasteiger partial charge in [-0.15, -0.1) is 0 Å². The van der Waals surface area contributed by atoms with Gasteiger partial charge in [0.25, 0.3) is 0 Å². The number of para-hydroxylation sites is 1. The first-order chi connectivity index (χ1) is 10.3. The second-order valence-corrected chi connectivity index (χ2v) is 5.12. The summed E-state index contributed by atoms with van der Waals surface area (Å²) >= 11 is 0. The maximum absolute atomic E-state index is 5.88. The van der Waals surface area contributed by atoms with Crippen molar-refractivity contribution in [1.82, 2.24) is 0 Å². The molecule has 2 aromatic carbocycles. The molecule has 1 atom stereocenters. The van der Waals surface area contributed by atoms with Gasteiger partial charge in [-0.1, -0.05) is 18.2 Å². The molecule has 4 rings (SSSR count). The third-order valence-corrected chi connectivity index (χ3v) is 3.63. The zero-order valence-electron chi connectivity index (χ0n) is 11.6. The minimum atomic E-state index is 0.0674. The summed E-state index contributed by atoms with van der Waals surface area (Å²) < 4.78 is 16.6. The van der Waals surface area contributed by atoms with E-state index in [9.17, 15) is 0 Å². The molecule has 1 aromatic heterocycles. The van der Waals surface area contributed by atoms with Crippen molar-refractivity contribution in [3.05, 3.63) is 54.3 Å². The molecule has 1 aliphatic rings. The molecule has 1 N–H and O–H groups in total. The fraction of sp³-hybridized carbons (Fsp3) is 0.176. The van der Waals surface area contributed by atoms with Crippen LogP contribution < -0.4 is 14.8 Å². The van der Waals surface area contributed by atoms with E-state index in [4.69, 9.17) is 13.9 Å². The van der Waals surface area contributed by atoms with Gasteiger partial charge in [0.05, 0.1) is 6.04 Å². The lowest BCUT2D eigenvalue weighted by Crippen LogP contribution is -2.05. The summed E-state index contributed by atoms with van der Waals surface area (Å²) in [6.07, 6.45) is 0. The zero-order chi connectivity index (χ0) is 14.2. The van der Waals surface area contributed by atoms with E-state index in [-0.39, 0.29) is 12.8 Å². The van der Waals surface area contributed by atoms with Crippen molar-refractivity contribution < 1.29 is 13.9 Å². The SMILES string of the molecule is CC(Nc1ccc2c(c1)OCO2)c1cc2ccccc2o1. The molecule has 0 aliphatic carbocycles. The number of ether oxygens (including phenoxy) is 2. The molecular formula is C17H15NO3. The molecule has 3 aromatic rings. The Hall–Kier alpha value is -2.62. The van der Waals surface area contributed by atoms with Crippen molar-refractivity contribution in [3.8, 4) is 11.5 Å². The summed E-state index contributed by atoms with van der Waals surface area (Å²) in [5.74, 6) is 2.47. The van der Waals surface area contributed by atoms with E-state index in [1.807, 2.05) is 36.4 Å². The van der Waals surface area contributed by atoms with Gasteiger partial charge in [-0.3, -0.25) is 0 Å². The van der Waals surface area contributed by atoms with Crippen molar-refractivity contribution in [3.63, 3.8) is 0 Å². The van der Waals surface area contributed by atoms with Crippen LogP contribution in [0.5, 0.6) is 11.5 Å². The van der Waals surface area contributed by atoms with Crippen molar-refractivity contribution >= 4 is 16.7 Å². The largest absolute Gasteiger partial charge is 0.459 e. The quantitative estimate of drug-likeness (QED) is 0.775. The van der Waals surface area contributed by atoms with Crippen LogP contribution in [-0.4, -0.2) is 6.79 Å². The first kappa shape index (κ1) is 12.1. The molecule has 0 bridgehead atoms. The lowest BCUT2D eigenvalue weighted by molar-refractivity contribution is 0.174. The Kier molecular flexibility index (Phi) is 2.74. The summed E-state index contributed by atoms with van der Waals surface area (Å²) in [7, 11) is 0. The van der Waals surface area contributed by atoms with Crippen molar-refractivity contribution in [2.75, 3.05) is 12.1 Å². The number of furan rings is 1. The van der Waals surface area contributed by atoms with E-state index in [0.29, 0.717) is 0 Å². The van der Waals surface area contributed by atoms with E-state index in [0.717, 1.165) is 33.9 Å². The second-order valence-electron chi connectivity index (χ2n) is 5.12. The van der Waals surface area contributed by atoms with Crippen LogP contribution in [0.25, 0.3) is 11.0 Å². The van der Waals surface area contributed by atoms with Gasteiger partial charge >= 0.3 is 0 Å². The lowest BCUT2D eigenvalue weighted by atomic mass is 10.2. The average molecular weight is 281 g/mol. The molecule has 1 aliphatic heterocycles. The zero-order valence-corrected chi connectivity index (χ0v) is 11.6. The maximum atomic E-state index is 5.88. The van der Waals surface area contributed by atoms with Crippen LogP contribution in [0.2, 0.25) is 0 Å². The van der Waals surface area contributed by atoms with Crippen LogP contribution in [0.15, 0.2) is 52.9 Å². The van der Waals surface area contributed by atoms with E-state index in [1.165, 1.54) is 0 Å². The van der Waals surface area contributed by atoms with Gasteiger partial charge in [-0.2, -0.15) is 0 Å². The number of anilines is 1. The molecule has 0 amide bonds. The molecule has 0 saturated heterocycles. The predicted molar refractivity (Wildman–Crippen MR) is 80.8 cm³/mol. The summed E-state index contributed by atoms with van der Waals surface area (Å²) in [6.45, 7) is 2.36. The van der Waals surface area contributed by atoms with E-state index >= 15 is 0 Å². The summed E-state index contributed by atoms with van der Waals surface area (Å²) in [5, 5.41) is 4.54. The third-order valence-electron chi connectivity index (χ3n) is 3.63. The standard InChI is InChI=1S/C17H15NO3/c1-11(16-8-12-4-2-3-5-14(12)21-16)18-13-6-7-15-17(9-13)20-10-19-15/h2-9,11,18H,10H2,1H3. The Labute approximate surface area is 122 Å². The van der Waals surface area contributed by atoms with Gasteiger partial charge in [0, 0.05) is 17.1 Å². The minimum absolute atomic E-state index is 0.0674. The van der Waals surface area contributed by atoms with Crippen LogP contribution >= 0.6 is 0 Å². The highest BCUT2D eigenvalue weighted by atomic mass is 16.7. The molecular weight excluding hydrogens is 266 g/mol. The molecule has 4 nitrogen and oxygen atoms in total. The highest BCUT2D eigenvalue weighted by Crippen LogP contribution is 2.35. The van der Waals surface area contributed by atoms with Crippen molar-refractivity contribution in [1.29, 1.82) is 0 Å². The van der Waals surface area contributed by atoms with Gasteiger partial charge in [-0.05, 0) is 31.2 Å². The maximum Gasteiger partial charge on any atom is 0.231 e. The van der Waals surface area contributed by atoms with Crippen molar-refractivity contribution in [2.24, 2.45) is 0 Å². The number of rotatable bonds is 3. The fourth-order valence-electron chi connectivity index (χ4n) is 2.52. The Morgan fingerprint density at radius 3 is 2.76 bits per heavy atom. The average Bonchev–Trinajstić information content (AvgIpc) is 3.13. The molecule has 0 saturated carbocycles. The number of nitrogens with one attached hydrogen (secondary N) is 1. The van der Waals surface area contributed by atoms with Gasteiger partial charge in [0.1, 0.15) is 11.3 Å². The molecule has 21 heavy (non-hydrogen) atoms. The Morgan fingerprint density at radius 1 is 1.00 bits per heavy atom. The summed E-state index contributed by atoms with van der Waals surface area (Å²) in [4.78, 5) is 0. The van der Waals surface area contributed by atoms with Crippen LogP contribution in [0.3, 0.4) is 0 Å². The Balaban J connectivity index is 1.58. The first-order valence-electron chi connectivity index (χ1n) is 6.94. The van der Waals surface area contributed by atoms with Crippen LogP contribution in [0.4, 0.5) is 5.69 Å². The van der Waals surface area contributed by atoms with E-state index < -0.39 is 0 Å². The molecule has 4 heteroatoms. The van der Waals surface area contributed by atoms with E-state index in [2.05, 4.69) is 24.4 Å². The van der Waals surface area contributed by atoms with Gasteiger partial charge in [0.15, 0.2) is 11.5 Å². The Bertz CT molecular complexity index is 761. The number of hydrogen-bond donors (Lipinski definition) is 1. The Morgan fingerprint density at radius 2 is 1.86 bits per heavy atom. The van der Waals surface area contributed by atoms with E-state index in [1.54, 1.807) is 0 Å². The number of hydrogen-bond acceptors (Lipinski definition) is 4. The number of benzene rings is 2. The highest BCUT2D eigenvalue weighted by molar-refractivity contribution is 5.78. The summed E-state index contributed by atoms with van der Waals surface area (Å²) in [5.41, 5.74) is 1.89. The van der Waals surface area contributed by atoms with Crippen molar-refractivity contribution in [2.45, 2.75) is 13.0 Å².